The van der Waals surface area contributed by atoms with E-state index in [1.165, 1.54) is 12.1 Å². The van der Waals surface area contributed by atoms with E-state index in [4.69, 9.17) is 4.74 Å². The number of phenolic OH excluding ortho intramolecular Hbond substituents is 1. The van der Waals surface area contributed by atoms with E-state index in [9.17, 15) is 14.3 Å². The second kappa shape index (κ2) is 4.49. The van der Waals surface area contributed by atoms with Gasteiger partial charge in [0, 0.05) is 6.61 Å². The Labute approximate surface area is 92.0 Å². The average molecular weight is 225 g/mol. The summed E-state index contributed by atoms with van der Waals surface area (Å²) >= 11 is 0. The summed E-state index contributed by atoms with van der Waals surface area (Å²) in [6.07, 6.45) is 0.709. The fourth-order valence-electron chi connectivity index (χ4n) is 1.64. The third-order valence-corrected chi connectivity index (χ3v) is 2.48. The van der Waals surface area contributed by atoms with Crippen LogP contribution in [-0.2, 0) is 4.74 Å². The quantitative estimate of drug-likeness (QED) is 0.791. The van der Waals surface area contributed by atoms with Crippen molar-refractivity contribution in [1.82, 2.24) is 5.32 Å². The summed E-state index contributed by atoms with van der Waals surface area (Å²) in [5.74, 6) is -1.68. The minimum absolute atomic E-state index is 0.105. The molecule has 1 amide bonds. The van der Waals surface area contributed by atoms with Gasteiger partial charge in [0.25, 0.3) is 5.91 Å². The Hall–Kier alpha value is -1.62. The Balaban J connectivity index is 2.13. The smallest absolute Gasteiger partial charge is 0.258 e. The monoisotopic (exact) mass is 225 g/mol. The van der Waals surface area contributed by atoms with Crippen LogP contribution in [0, 0.1) is 5.82 Å². The molecule has 0 radical (unpaired) electrons. The minimum atomic E-state index is -0.726. The van der Waals surface area contributed by atoms with Crippen LogP contribution in [-0.4, -0.2) is 30.3 Å². The van der Waals surface area contributed by atoms with Crippen LogP contribution in [0.2, 0.25) is 0 Å². The molecular weight excluding hydrogens is 213 g/mol. The van der Waals surface area contributed by atoms with Crippen molar-refractivity contribution < 1.29 is 19.0 Å². The zero-order valence-electron chi connectivity index (χ0n) is 8.57. The molecule has 86 valence electrons. The van der Waals surface area contributed by atoms with Gasteiger partial charge in [-0.25, -0.2) is 4.39 Å². The molecule has 1 heterocycles. The lowest BCUT2D eigenvalue weighted by molar-refractivity contribution is 0.0923. The maximum atomic E-state index is 13.3. The van der Waals surface area contributed by atoms with Gasteiger partial charge in [-0.05, 0) is 18.6 Å². The summed E-state index contributed by atoms with van der Waals surface area (Å²) in [7, 11) is 0. The van der Waals surface area contributed by atoms with Crippen molar-refractivity contribution in [3.05, 3.63) is 29.6 Å². The Morgan fingerprint density at radius 3 is 3.00 bits per heavy atom. The number of ether oxygens (including phenoxy) is 1. The standard InChI is InChI=1S/C11H12FNO3/c12-8-2-1-3-9(14)10(8)11(15)13-7-4-5-16-6-7/h1-3,7,14H,4-6H2,(H,13,15). The summed E-state index contributed by atoms with van der Waals surface area (Å²) in [5.41, 5.74) is -0.311. The van der Waals surface area contributed by atoms with E-state index < -0.39 is 11.7 Å². The van der Waals surface area contributed by atoms with E-state index in [1.54, 1.807) is 0 Å². The molecule has 0 bridgehead atoms. The van der Waals surface area contributed by atoms with Crippen LogP contribution in [0.3, 0.4) is 0 Å². The van der Waals surface area contributed by atoms with E-state index >= 15 is 0 Å². The molecule has 1 unspecified atom stereocenters. The minimum Gasteiger partial charge on any atom is -0.507 e. The lowest BCUT2D eigenvalue weighted by atomic mass is 10.1. The lowest BCUT2D eigenvalue weighted by Crippen LogP contribution is -2.35. The molecule has 0 saturated carbocycles. The summed E-state index contributed by atoms with van der Waals surface area (Å²) in [4.78, 5) is 11.7. The number of aromatic hydroxyl groups is 1. The molecule has 1 fully saturated rings. The van der Waals surface area contributed by atoms with Crippen LogP contribution in [0.15, 0.2) is 18.2 Å². The second-order valence-corrected chi connectivity index (χ2v) is 3.67. The highest BCUT2D eigenvalue weighted by Crippen LogP contribution is 2.20. The van der Waals surface area contributed by atoms with E-state index in [0.717, 1.165) is 6.07 Å². The Morgan fingerprint density at radius 1 is 1.56 bits per heavy atom. The first-order valence-electron chi connectivity index (χ1n) is 5.04. The van der Waals surface area contributed by atoms with Crippen LogP contribution >= 0.6 is 0 Å². The van der Waals surface area contributed by atoms with E-state index in [1.807, 2.05) is 0 Å². The predicted octanol–water partition coefficient (Wildman–Crippen LogP) is 1.05. The number of hydrogen-bond acceptors (Lipinski definition) is 3. The lowest BCUT2D eigenvalue weighted by Gasteiger charge is -2.11. The highest BCUT2D eigenvalue weighted by molar-refractivity contribution is 5.97. The Bertz CT molecular complexity index is 382. The van der Waals surface area contributed by atoms with Gasteiger partial charge in [0.2, 0.25) is 0 Å². The highest BCUT2D eigenvalue weighted by Gasteiger charge is 2.22. The van der Waals surface area contributed by atoms with Crippen LogP contribution in [0.25, 0.3) is 0 Å². The molecule has 1 aromatic rings. The fourth-order valence-corrected chi connectivity index (χ4v) is 1.64. The van der Waals surface area contributed by atoms with Crippen LogP contribution in [0.5, 0.6) is 5.75 Å². The first-order chi connectivity index (χ1) is 7.68. The van der Waals surface area contributed by atoms with Crippen LogP contribution in [0.4, 0.5) is 4.39 Å². The van der Waals surface area contributed by atoms with E-state index in [0.29, 0.717) is 19.6 Å². The summed E-state index contributed by atoms with van der Waals surface area (Å²) < 4.78 is 18.4. The SMILES string of the molecule is O=C(NC1CCOC1)c1c(O)cccc1F. The normalized spacial score (nSPS) is 19.7. The second-order valence-electron chi connectivity index (χ2n) is 3.67. The first-order valence-corrected chi connectivity index (χ1v) is 5.04. The van der Waals surface area contributed by atoms with Crippen LogP contribution in [0.1, 0.15) is 16.8 Å². The number of carbonyl (C=O) groups excluding carboxylic acids is 1. The van der Waals surface area contributed by atoms with Crippen molar-refractivity contribution in [1.29, 1.82) is 0 Å². The van der Waals surface area contributed by atoms with Crippen LogP contribution < -0.4 is 5.32 Å². The molecule has 0 spiro atoms. The predicted molar refractivity (Wildman–Crippen MR) is 54.8 cm³/mol. The average Bonchev–Trinajstić information content (AvgIpc) is 2.70. The summed E-state index contributed by atoms with van der Waals surface area (Å²) in [6.45, 7) is 1.02. The van der Waals surface area contributed by atoms with Gasteiger partial charge >= 0.3 is 0 Å². The summed E-state index contributed by atoms with van der Waals surface area (Å²) in [6, 6.07) is 3.66. The van der Waals surface area contributed by atoms with Gasteiger partial charge in [0.1, 0.15) is 17.1 Å². The molecule has 0 aliphatic carbocycles. The molecule has 1 saturated heterocycles. The maximum absolute atomic E-state index is 13.3. The fraction of sp³-hybridized carbons (Fsp3) is 0.364. The van der Waals surface area contributed by atoms with Gasteiger partial charge < -0.3 is 15.2 Å². The number of carbonyl (C=O) groups is 1. The number of nitrogens with one attached hydrogen (secondary N) is 1. The van der Waals surface area contributed by atoms with E-state index in [-0.39, 0.29) is 17.4 Å². The van der Waals surface area contributed by atoms with Crippen molar-refractivity contribution >= 4 is 5.91 Å². The van der Waals surface area contributed by atoms with Gasteiger partial charge in [-0.1, -0.05) is 6.07 Å². The summed E-state index contributed by atoms with van der Waals surface area (Å²) in [5, 5.41) is 12.0. The molecular formula is C11H12FNO3. The Kier molecular flexibility index (Phi) is 3.05. The number of phenols is 1. The number of rotatable bonds is 2. The van der Waals surface area contributed by atoms with Gasteiger partial charge in [-0.3, -0.25) is 4.79 Å². The first kappa shape index (κ1) is 10.9. The topological polar surface area (TPSA) is 58.6 Å². The zero-order valence-corrected chi connectivity index (χ0v) is 8.57. The van der Waals surface area contributed by atoms with Crippen molar-refractivity contribution in [2.24, 2.45) is 0 Å². The number of benzene rings is 1. The molecule has 1 atom stereocenters. The van der Waals surface area contributed by atoms with Gasteiger partial charge in [-0.15, -0.1) is 0 Å². The Morgan fingerprint density at radius 2 is 2.38 bits per heavy atom. The third kappa shape index (κ3) is 2.14. The number of hydrogen-bond donors (Lipinski definition) is 2. The molecule has 16 heavy (non-hydrogen) atoms. The third-order valence-electron chi connectivity index (χ3n) is 2.48. The van der Waals surface area contributed by atoms with Crippen molar-refractivity contribution in [3.8, 4) is 5.75 Å². The van der Waals surface area contributed by atoms with Gasteiger partial charge in [0.05, 0.1) is 12.6 Å². The van der Waals surface area contributed by atoms with Crippen molar-refractivity contribution in [2.45, 2.75) is 12.5 Å². The maximum Gasteiger partial charge on any atom is 0.258 e. The molecule has 5 heteroatoms. The molecule has 2 rings (SSSR count). The van der Waals surface area contributed by atoms with Gasteiger partial charge in [0.15, 0.2) is 0 Å². The highest BCUT2D eigenvalue weighted by atomic mass is 19.1. The molecule has 0 aromatic heterocycles. The largest absolute Gasteiger partial charge is 0.507 e. The van der Waals surface area contributed by atoms with Crippen molar-refractivity contribution in [3.63, 3.8) is 0 Å². The molecule has 4 nitrogen and oxygen atoms in total. The molecule has 2 N–H and O–H groups in total. The molecule has 1 aromatic carbocycles. The van der Waals surface area contributed by atoms with E-state index in [2.05, 4.69) is 5.32 Å². The van der Waals surface area contributed by atoms with Gasteiger partial charge in [-0.2, -0.15) is 0 Å². The number of amides is 1. The number of halogens is 1. The molecule has 1 aliphatic heterocycles. The van der Waals surface area contributed by atoms with Crippen molar-refractivity contribution in [2.75, 3.05) is 13.2 Å². The molecule has 1 aliphatic rings. The zero-order chi connectivity index (χ0) is 11.5.